The minimum absolute atomic E-state index is 0.314. The lowest BCUT2D eigenvalue weighted by Crippen LogP contribution is -2.14. The molecule has 0 saturated carbocycles. The fraction of sp³-hybridized carbons (Fsp3) is 0.562. The third-order valence-corrected chi connectivity index (χ3v) is 3.86. The number of hydrogen-bond acceptors (Lipinski definition) is 3. The summed E-state index contributed by atoms with van der Waals surface area (Å²) >= 11 is 0. The van der Waals surface area contributed by atoms with E-state index in [9.17, 15) is 0 Å². The zero-order valence-corrected chi connectivity index (χ0v) is 12.0. The van der Waals surface area contributed by atoms with Crippen molar-refractivity contribution >= 4 is 0 Å². The second kappa shape index (κ2) is 5.63. The predicted octanol–water partition coefficient (Wildman–Crippen LogP) is 3.21. The Kier molecular flexibility index (Phi) is 4.11. The van der Waals surface area contributed by atoms with Gasteiger partial charge in [0.2, 0.25) is 0 Å². The number of benzene rings is 1. The molecule has 1 aliphatic carbocycles. The molecule has 1 aliphatic rings. The molecular weight excluding hydrogens is 236 g/mol. The van der Waals surface area contributed by atoms with Crippen molar-refractivity contribution in [2.75, 3.05) is 13.7 Å². The normalized spacial score (nSPS) is 17.9. The molecule has 1 atom stereocenters. The predicted molar refractivity (Wildman–Crippen MR) is 76.1 cm³/mol. The molecular formula is C16H22N2O. The summed E-state index contributed by atoms with van der Waals surface area (Å²) in [6.45, 7) is 4.49. The van der Waals surface area contributed by atoms with Crippen molar-refractivity contribution in [1.82, 2.24) is 5.32 Å². The van der Waals surface area contributed by atoms with Gasteiger partial charge in [-0.05, 0) is 57.4 Å². The van der Waals surface area contributed by atoms with Crippen LogP contribution in [0.2, 0.25) is 0 Å². The van der Waals surface area contributed by atoms with Crippen LogP contribution in [0.15, 0.2) is 18.2 Å². The summed E-state index contributed by atoms with van der Waals surface area (Å²) < 4.78 is 5.90. The number of ether oxygens (including phenoxy) is 1. The Balaban J connectivity index is 2.03. The van der Waals surface area contributed by atoms with E-state index in [0.29, 0.717) is 12.6 Å². The topological polar surface area (TPSA) is 45.0 Å². The van der Waals surface area contributed by atoms with Gasteiger partial charge in [-0.1, -0.05) is 12.1 Å². The lowest BCUT2D eigenvalue weighted by Gasteiger charge is -2.17. The van der Waals surface area contributed by atoms with Crippen LogP contribution in [0.1, 0.15) is 43.9 Å². The lowest BCUT2D eigenvalue weighted by atomic mass is 9.92. The van der Waals surface area contributed by atoms with Gasteiger partial charge in [-0.3, -0.25) is 0 Å². The SMILES string of the molecule is CNC1CCc2c(OCCC(C)(C)C#N)cccc21. The summed E-state index contributed by atoms with van der Waals surface area (Å²) in [5, 5.41) is 12.3. The smallest absolute Gasteiger partial charge is 0.122 e. The van der Waals surface area contributed by atoms with Crippen LogP contribution >= 0.6 is 0 Å². The molecule has 2 rings (SSSR count). The van der Waals surface area contributed by atoms with E-state index in [4.69, 9.17) is 10.00 Å². The molecule has 0 fully saturated rings. The number of fused-ring (bicyclic) bond motifs is 1. The second-order valence-electron chi connectivity index (χ2n) is 5.80. The van der Waals surface area contributed by atoms with Crippen molar-refractivity contribution in [2.24, 2.45) is 5.41 Å². The highest BCUT2D eigenvalue weighted by Gasteiger charge is 2.24. The number of nitrogens with one attached hydrogen (secondary N) is 1. The van der Waals surface area contributed by atoms with Crippen LogP contribution in [-0.2, 0) is 6.42 Å². The van der Waals surface area contributed by atoms with Gasteiger partial charge in [-0.15, -0.1) is 0 Å². The molecule has 3 heteroatoms. The standard InChI is InChI=1S/C16H22N2O/c1-16(2,11-17)9-10-19-15-6-4-5-12-13(15)7-8-14(12)18-3/h4-6,14,18H,7-10H2,1-3H3. The molecule has 0 saturated heterocycles. The van der Waals surface area contributed by atoms with Gasteiger partial charge in [-0.2, -0.15) is 5.26 Å². The minimum Gasteiger partial charge on any atom is -0.493 e. The molecule has 3 nitrogen and oxygen atoms in total. The van der Waals surface area contributed by atoms with Crippen LogP contribution < -0.4 is 10.1 Å². The maximum atomic E-state index is 9.00. The zero-order valence-electron chi connectivity index (χ0n) is 12.0. The van der Waals surface area contributed by atoms with Crippen molar-refractivity contribution in [3.8, 4) is 11.8 Å². The lowest BCUT2D eigenvalue weighted by molar-refractivity contribution is 0.262. The summed E-state index contributed by atoms with van der Waals surface area (Å²) in [5.74, 6) is 0.990. The van der Waals surface area contributed by atoms with E-state index in [1.54, 1.807) is 0 Å². The van der Waals surface area contributed by atoms with Crippen LogP contribution in [-0.4, -0.2) is 13.7 Å². The largest absolute Gasteiger partial charge is 0.493 e. The average Bonchev–Trinajstić information content (AvgIpc) is 2.82. The first-order chi connectivity index (χ1) is 9.07. The fourth-order valence-corrected chi connectivity index (χ4v) is 2.53. The maximum Gasteiger partial charge on any atom is 0.122 e. The first-order valence-corrected chi connectivity index (χ1v) is 6.90. The summed E-state index contributed by atoms with van der Waals surface area (Å²) in [4.78, 5) is 0. The number of rotatable bonds is 5. The molecule has 1 aromatic carbocycles. The Bertz CT molecular complexity index is 488. The van der Waals surface area contributed by atoms with Gasteiger partial charge in [0, 0.05) is 6.04 Å². The molecule has 0 bridgehead atoms. The van der Waals surface area contributed by atoms with Crippen molar-refractivity contribution in [3.05, 3.63) is 29.3 Å². The van der Waals surface area contributed by atoms with Gasteiger partial charge in [0.25, 0.3) is 0 Å². The molecule has 0 spiro atoms. The van der Waals surface area contributed by atoms with E-state index in [0.717, 1.165) is 25.0 Å². The van der Waals surface area contributed by atoms with E-state index < -0.39 is 0 Å². The summed E-state index contributed by atoms with van der Waals surface area (Å²) in [6, 6.07) is 9.03. The Morgan fingerprint density at radius 1 is 1.47 bits per heavy atom. The molecule has 102 valence electrons. The Labute approximate surface area is 115 Å². The molecule has 1 aromatic rings. The van der Waals surface area contributed by atoms with Crippen molar-refractivity contribution in [2.45, 2.75) is 39.2 Å². The number of nitriles is 1. The molecule has 0 amide bonds. The van der Waals surface area contributed by atoms with Gasteiger partial charge in [0.05, 0.1) is 18.1 Å². The first kappa shape index (κ1) is 13.9. The van der Waals surface area contributed by atoms with Crippen molar-refractivity contribution in [1.29, 1.82) is 5.26 Å². The quantitative estimate of drug-likeness (QED) is 0.882. The van der Waals surface area contributed by atoms with Crippen molar-refractivity contribution < 1.29 is 4.74 Å². The molecule has 0 aliphatic heterocycles. The molecule has 0 heterocycles. The molecule has 0 radical (unpaired) electrons. The third-order valence-electron chi connectivity index (χ3n) is 3.86. The van der Waals surface area contributed by atoms with Crippen LogP contribution in [0.5, 0.6) is 5.75 Å². The van der Waals surface area contributed by atoms with Crippen LogP contribution in [0.4, 0.5) is 0 Å². The maximum absolute atomic E-state index is 9.00. The number of hydrogen-bond donors (Lipinski definition) is 1. The second-order valence-corrected chi connectivity index (χ2v) is 5.80. The first-order valence-electron chi connectivity index (χ1n) is 6.90. The van der Waals surface area contributed by atoms with E-state index in [-0.39, 0.29) is 5.41 Å². The van der Waals surface area contributed by atoms with Gasteiger partial charge in [0.15, 0.2) is 0 Å². The van der Waals surface area contributed by atoms with E-state index in [2.05, 4.69) is 23.5 Å². The summed E-state index contributed by atoms with van der Waals surface area (Å²) in [6.07, 6.45) is 2.96. The van der Waals surface area contributed by atoms with E-state index in [1.807, 2.05) is 27.0 Å². The van der Waals surface area contributed by atoms with Crippen LogP contribution in [0.3, 0.4) is 0 Å². The van der Waals surface area contributed by atoms with Crippen LogP contribution in [0.25, 0.3) is 0 Å². The van der Waals surface area contributed by atoms with Crippen molar-refractivity contribution in [3.63, 3.8) is 0 Å². The Hall–Kier alpha value is -1.53. The minimum atomic E-state index is -0.314. The molecule has 1 N–H and O–H groups in total. The Morgan fingerprint density at radius 3 is 2.95 bits per heavy atom. The van der Waals surface area contributed by atoms with E-state index >= 15 is 0 Å². The number of nitrogens with zero attached hydrogens (tertiary/aromatic N) is 1. The van der Waals surface area contributed by atoms with Gasteiger partial charge >= 0.3 is 0 Å². The fourth-order valence-electron chi connectivity index (χ4n) is 2.53. The van der Waals surface area contributed by atoms with Gasteiger partial charge in [-0.25, -0.2) is 0 Å². The molecule has 19 heavy (non-hydrogen) atoms. The van der Waals surface area contributed by atoms with Crippen LogP contribution in [0, 0.1) is 16.7 Å². The Morgan fingerprint density at radius 2 is 2.26 bits per heavy atom. The average molecular weight is 258 g/mol. The molecule has 0 aromatic heterocycles. The van der Waals surface area contributed by atoms with Gasteiger partial charge < -0.3 is 10.1 Å². The highest BCUT2D eigenvalue weighted by Crippen LogP contribution is 2.36. The van der Waals surface area contributed by atoms with E-state index in [1.165, 1.54) is 11.1 Å². The highest BCUT2D eigenvalue weighted by atomic mass is 16.5. The third kappa shape index (κ3) is 3.08. The molecule has 1 unspecified atom stereocenters. The summed E-state index contributed by atoms with van der Waals surface area (Å²) in [7, 11) is 2.00. The zero-order chi connectivity index (χ0) is 13.9. The van der Waals surface area contributed by atoms with Gasteiger partial charge in [0.1, 0.15) is 5.75 Å². The monoisotopic (exact) mass is 258 g/mol. The summed E-state index contributed by atoms with van der Waals surface area (Å²) in [5.41, 5.74) is 2.38. The highest BCUT2D eigenvalue weighted by molar-refractivity contribution is 5.45.